The van der Waals surface area contributed by atoms with Crippen LogP contribution >= 0.6 is 0 Å². The average Bonchev–Trinajstić information content (AvgIpc) is 3.21. The molecule has 0 spiro atoms. The van der Waals surface area contributed by atoms with E-state index in [1.54, 1.807) is 43.3 Å². The zero-order chi connectivity index (χ0) is 19.1. The van der Waals surface area contributed by atoms with E-state index in [0.717, 1.165) is 19.4 Å². The number of nitrogens with one attached hydrogen (secondary N) is 2. The standard InChI is InChI=1S/C21H24N2O4/c1-15(27-18-6-3-2-4-7-18)20(24)23-17-11-9-16(10-12-17)21(25)22-14-19-8-5-13-26-19/h2-4,6-7,9-12,15,19H,5,8,13-14H2,1H3,(H,22,25)(H,23,24). The molecule has 2 aromatic rings. The zero-order valence-electron chi connectivity index (χ0n) is 15.3. The number of hydrogen-bond donors (Lipinski definition) is 2. The van der Waals surface area contributed by atoms with Crippen LogP contribution in [0.15, 0.2) is 54.6 Å². The number of ether oxygens (including phenoxy) is 2. The lowest BCUT2D eigenvalue weighted by Gasteiger charge is -2.15. The van der Waals surface area contributed by atoms with Crippen molar-refractivity contribution in [2.75, 3.05) is 18.5 Å². The number of hydrogen-bond acceptors (Lipinski definition) is 4. The van der Waals surface area contributed by atoms with Crippen molar-refractivity contribution in [1.82, 2.24) is 5.32 Å². The third-order valence-corrected chi connectivity index (χ3v) is 4.35. The van der Waals surface area contributed by atoms with Gasteiger partial charge in [0.2, 0.25) is 0 Å². The van der Waals surface area contributed by atoms with Gasteiger partial charge in [0, 0.05) is 24.4 Å². The van der Waals surface area contributed by atoms with Crippen LogP contribution in [-0.2, 0) is 9.53 Å². The van der Waals surface area contributed by atoms with Gasteiger partial charge >= 0.3 is 0 Å². The molecule has 1 aliphatic rings. The topological polar surface area (TPSA) is 76.7 Å². The Hall–Kier alpha value is -2.86. The monoisotopic (exact) mass is 368 g/mol. The maximum atomic E-state index is 12.3. The van der Waals surface area contributed by atoms with Crippen molar-refractivity contribution in [3.63, 3.8) is 0 Å². The molecule has 6 heteroatoms. The SMILES string of the molecule is CC(Oc1ccccc1)C(=O)Nc1ccc(C(=O)NCC2CCCO2)cc1. The molecule has 6 nitrogen and oxygen atoms in total. The summed E-state index contributed by atoms with van der Waals surface area (Å²) in [5, 5.41) is 5.66. The molecular formula is C21H24N2O4. The van der Waals surface area contributed by atoms with E-state index in [1.165, 1.54) is 0 Å². The van der Waals surface area contributed by atoms with Gasteiger partial charge in [-0.3, -0.25) is 9.59 Å². The van der Waals surface area contributed by atoms with Crippen molar-refractivity contribution < 1.29 is 19.1 Å². The second-order valence-electron chi connectivity index (χ2n) is 6.48. The molecule has 1 aliphatic heterocycles. The first-order valence-electron chi connectivity index (χ1n) is 9.14. The molecule has 2 unspecified atom stereocenters. The summed E-state index contributed by atoms with van der Waals surface area (Å²) in [6.45, 7) is 2.97. The minimum Gasteiger partial charge on any atom is -0.481 e. The fraction of sp³-hybridized carbons (Fsp3) is 0.333. The first-order valence-corrected chi connectivity index (χ1v) is 9.14. The van der Waals surface area contributed by atoms with Gasteiger partial charge in [0.15, 0.2) is 6.10 Å². The highest BCUT2D eigenvalue weighted by molar-refractivity contribution is 5.96. The molecule has 2 N–H and O–H groups in total. The van der Waals surface area contributed by atoms with Crippen molar-refractivity contribution in [2.45, 2.75) is 32.0 Å². The minimum atomic E-state index is -0.637. The summed E-state index contributed by atoms with van der Waals surface area (Å²) >= 11 is 0. The van der Waals surface area contributed by atoms with Crippen molar-refractivity contribution >= 4 is 17.5 Å². The van der Waals surface area contributed by atoms with E-state index in [1.807, 2.05) is 18.2 Å². The van der Waals surface area contributed by atoms with E-state index in [4.69, 9.17) is 9.47 Å². The van der Waals surface area contributed by atoms with Crippen LogP contribution in [0.25, 0.3) is 0 Å². The van der Waals surface area contributed by atoms with Crippen LogP contribution in [-0.4, -0.2) is 37.2 Å². The van der Waals surface area contributed by atoms with Gasteiger partial charge in [-0.15, -0.1) is 0 Å². The number of carbonyl (C=O) groups is 2. The van der Waals surface area contributed by atoms with Crippen molar-refractivity contribution in [3.05, 3.63) is 60.2 Å². The van der Waals surface area contributed by atoms with E-state index in [-0.39, 0.29) is 17.9 Å². The summed E-state index contributed by atoms with van der Waals surface area (Å²) in [6, 6.07) is 16.0. The van der Waals surface area contributed by atoms with E-state index in [0.29, 0.717) is 23.5 Å². The van der Waals surface area contributed by atoms with Gasteiger partial charge in [0.1, 0.15) is 5.75 Å². The Kier molecular flexibility index (Phi) is 6.44. The van der Waals surface area contributed by atoms with Gasteiger partial charge in [0.25, 0.3) is 11.8 Å². The molecule has 1 fully saturated rings. The largest absolute Gasteiger partial charge is 0.481 e. The Morgan fingerprint density at radius 1 is 1.15 bits per heavy atom. The molecule has 1 saturated heterocycles. The molecule has 27 heavy (non-hydrogen) atoms. The molecule has 1 heterocycles. The van der Waals surface area contributed by atoms with Crippen molar-refractivity contribution in [3.8, 4) is 5.75 Å². The van der Waals surface area contributed by atoms with Gasteiger partial charge in [-0.1, -0.05) is 18.2 Å². The molecule has 2 amide bonds. The Morgan fingerprint density at radius 3 is 2.56 bits per heavy atom. The summed E-state index contributed by atoms with van der Waals surface area (Å²) < 4.78 is 11.1. The number of benzene rings is 2. The molecule has 0 radical (unpaired) electrons. The fourth-order valence-corrected chi connectivity index (χ4v) is 2.82. The maximum absolute atomic E-state index is 12.3. The maximum Gasteiger partial charge on any atom is 0.265 e. The van der Waals surface area contributed by atoms with Gasteiger partial charge in [0.05, 0.1) is 6.10 Å². The normalized spacial score (nSPS) is 17.1. The molecule has 142 valence electrons. The summed E-state index contributed by atoms with van der Waals surface area (Å²) in [6.07, 6.45) is 1.50. The van der Waals surface area contributed by atoms with Crippen LogP contribution in [0, 0.1) is 0 Å². The molecular weight excluding hydrogens is 344 g/mol. The average molecular weight is 368 g/mol. The molecule has 0 bridgehead atoms. The summed E-state index contributed by atoms with van der Waals surface area (Å²) in [5.74, 6) is 0.233. The third-order valence-electron chi connectivity index (χ3n) is 4.35. The molecule has 0 saturated carbocycles. The predicted molar refractivity (Wildman–Crippen MR) is 103 cm³/mol. The van der Waals surface area contributed by atoms with E-state index in [9.17, 15) is 9.59 Å². The van der Waals surface area contributed by atoms with Crippen LogP contribution in [0.3, 0.4) is 0 Å². The Labute approximate surface area is 158 Å². The van der Waals surface area contributed by atoms with Crippen molar-refractivity contribution in [2.24, 2.45) is 0 Å². The zero-order valence-corrected chi connectivity index (χ0v) is 15.3. The van der Waals surface area contributed by atoms with E-state index >= 15 is 0 Å². The highest BCUT2D eigenvalue weighted by Gasteiger charge is 2.17. The molecule has 2 atom stereocenters. The molecule has 0 aromatic heterocycles. The number of amides is 2. The van der Waals surface area contributed by atoms with Gasteiger partial charge < -0.3 is 20.1 Å². The lowest BCUT2D eigenvalue weighted by molar-refractivity contribution is -0.122. The van der Waals surface area contributed by atoms with Gasteiger partial charge in [-0.25, -0.2) is 0 Å². The number of para-hydroxylation sites is 1. The number of rotatable bonds is 7. The second kappa shape index (κ2) is 9.19. The van der Waals surface area contributed by atoms with E-state index in [2.05, 4.69) is 10.6 Å². The second-order valence-corrected chi connectivity index (χ2v) is 6.48. The van der Waals surface area contributed by atoms with Crippen LogP contribution in [0.2, 0.25) is 0 Å². The minimum absolute atomic E-state index is 0.110. The smallest absolute Gasteiger partial charge is 0.265 e. The predicted octanol–water partition coefficient (Wildman–Crippen LogP) is 3.00. The number of anilines is 1. The van der Waals surface area contributed by atoms with E-state index < -0.39 is 6.10 Å². The lowest BCUT2D eigenvalue weighted by atomic mass is 10.1. The Balaban J connectivity index is 1.49. The Morgan fingerprint density at radius 2 is 1.89 bits per heavy atom. The lowest BCUT2D eigenvalue weighted by Crippen LogP contribution is -2.32. The van der Waals surface area contributed by atoms with Crippen LogP contribution in [0.5, 0.6) is 5.75 Å². The van der Waals surface area contributed by atoms with Gasteiger partial charge in [-0.2, -0.15) is 0 Å². The van der Waals surface area contributed by atoms with Crippen LogP contribution in [0.4, 0.5) is 5.69 Å². The van der Waals surface area contributed by atoms with Gasteiger partial charge in [-0.05, 0) is 56.2 Å². The first kappa shape index (κ1) is 18.9. The van der Waals surface area contributed by atoms with Crippen LogP contribution in [0.1, 0.15) is 30.1 Å². The first-order chi connectivity index (χ1) is 13.1. The molecule has 0 aliphatic carbocycles. The number of carbonyl (C=O) groups excluding carboxylic acids is 2. The quantitative estimate of drug-likeness (QED) is 0.788. The van der Waals surface area contributed by atoms with Crippen LogP contribution < -0.4 is 15.4 Å². The highest BCUT2D eigenvalue weighted by Crippen LogP contribution is 2.14. The fourth-order valence-electron chi connectivity index (χ4n) is 2.82. The molecule has 3 rings (SSSR count). The summed E-state index contributed by atoms with van der Waals surface area (Å²) in [5.41, 5.74) is 1.15. The molecule has 2 aromatic carbocycles. The summed E-state index contributed by atoms with van der Waals surface area (Å²) in [7, 11) is 0. The third kappa shape index (κ3) is 5.56. The summed E-state index contributed by atoms with van der Waals surface area (Å²) in [4.78, 5) is 24.4. The highest BCUT2D eigenvalue weighted by atomic mass is 16.5. The Bertz CT molecular complexity index is 756. The van der Waals surface area contributed by atoms with Crippen molar-refractivity contribution in [1.29, 1.82) is 0 Å².